The Morgan fingerprint density at radius 1 is 0.897 bits per heavy atom. The Kier molecular flexibility index (Phi) is 4.93. The van der Waals surface area contributed by atoms with Crippen molar-refractivity contribution >= 4 is 11.9 Å². The van der Waals surface area contributed by atoms with Crippen molar-refractivity contribution in [3.63, 3.8) is 0 Å². The fourth-order valence-electron chi connectivity index (χ4n) is 2.88. The molecule has 4 rings (SSSR count). The third-order valence-corrected chi connectivity index (χ3v) is 4.28. The van der Waals surface area contributed by atoms with Crippen LogP contribution in [0.1, 0.15) is 10.5 Å². The van der Waals surface area contributed by atoms with Gasteiger partial charge in [-0.1, -0.05) is 24.3 Å². The van der Waals surface area contributed by atoms with Crippen LogP contribution < -0.4 is 14.8 Å². The normalized spacial score (nSPS) is 10.6. The van der Waals surface area contributed by atoms with Gasteiger partial charge in [-0.15, -0.1) is 5.10 Å². The lowest BCUT2D eigenvalue weighted by atomic mass is 10.1. The molecule has 3 N–H and O–H groups in total. The molecule has 146 valence electrons. The van der Waals surface area contributed by atoms with E-state index in [1.807, 2.05) is 48.5 Å². The molecule has 0 aliphatic carbocycles. The van der Waals surface area contributed by atoms with Crippen molar-refractivity contribution in [1.82, 2.24) is 25.4 Å². The Hall–Kier alpha value is -4.14. The van der Waals surface area contributed by atoms with Gasteiger partial charge < -0.3 is 9.47 Å². The molecule has 1 amide bonds. The fourth-order valence-corrected chi connectivity index (χ4v) is 2.88. The molecule has 0 atom stereocenters. The van der Waals surface area contributed by atoms with E-state index in [-0.39, 0.29) is 11.6 Å². The predicted molar refractivity (Wildman–Crippen MR) is 107 cm³/mol. The van der Waals surface area contributed by atoms with Gasteiger partial charge in [-0.3, -0.25) is 20.3 Å². The molecule has 0 radical (unpaired) electrons. The zero-order chi connectivity index (χ0) is 20.2. The van der Waals surface area contributed by atoms with Crippen molar-refractivity contribution in [2.24, 2.45) is 0 Å². The summed E-state index contributed by atoms with van der Waals surface area (Å²) >= 11 is 0. The second kappa shape index (κ2) is 7.85. The van der Waals surface area contributed by atoms with Crippen molar-refractivity contribution in [2.75, 3.05) is 19.5 Å². The Bertz CT molecular complexity index is 1150. The third-order valence-electron chi connectivity index (χ3n) is 4.28. The number of amides is 1. The SMILES string of the molecule is COc1ccccc1-c1cc(C(=O)Nc2n[nH]c(-c3ccccc3OC)n2)[nH]n1. The summed E-state index contributed by atoms with van der Waals surface area (Å²) in [4.78, 5) is 16.9. The van der Waals surface area contributed by atoms with E-state index in [0.717, 1.165) is 11.1 Å². The fraction of sp³-hybridized carbons (Fsp3) is 0.100. The topological polar surface area (TPSA) is 118 Å². The predicted octanol–water partition coefficient (Wildman–Crippen LogP) is 3.13. The van der Waals surface area contributed by atoms with Crippen LogP contribution in [-0.2, 0) is 0 Å². The molecule has 2 aromatic carbocycles. The van der Waals surface area contributed by atoms with Crippen molar-refractivity contribution in [2.45, 2.75) is 0 Å². The number of methoxy groups -OCH3 is 2. The molecule has 0 aliphatic heterocycles. The lowest BCUT2D eigenvalue weighted by Gasteiger charge is -2.04. The molecular formula is C20H18N6O3. The van der Waals surface area contributed by atoms with Crippen molar-refractivity contribution < 1.29 is 14.3 Å². The second-order valence-corrected chi connectivity index (χ2v) is 6.03. The first kappa shape index (κ1) is 18.2. The number of aromatic amines is 2. The number of aromatic nitrogens is 5. The zero-order valence-corrected chi connectivity index (χ0v) is 15.8. The van der Waals surface area contributed by atoms with Gasteiger partial charge in [-0.25, -0.2) is 0 Å². The van der Waals surface area contributed by atoms with Crippen LogP contribution in [0.3, 0.4) is 0 Å². The van der Waals surface area contributed by atoms with Gasteiger partial charge in [0.05, 0.1) is 25.5 Å². The van der Waals surface area contributed by atoms with E-state index < -0.39 is 5.91 Å². The van der Waals surface area contributed by atoms with Crippen LogP contribution in [0.15, 0.2) is 54.6 Å². The Balaban J connectivity index is 1.52. The maximum atomic E-state index is 12.5. The number of carbonyl (C=O) groups excluding carboxylic acids is 1. The minimum Gasteiger partial charge on any atom is -0.496 e. The number of rotatable bonds is 6. The van der Waals surface area contributed by atoms with Crippen LogP contribution in [0.4, 0.5) is 5.95 Å². The lowest BCUT2D eigenvalue weighted by Crippen LogP contribution is -2.13. The van der Waals surface area contributed by atoms with E-state index in [9.17, 15) is 4.79 Å². The summed E-state index contributed by atoms with van der Waals surface area (Å²) in [6.45, 7) is 0. The van der Waals surface area contributed by atoms with Crippen molar-refractivity contribution in [3.8, 4) is 34.1 Å². The first-order valence-corrected chi connectivity index (χ1v) is 8.75. The molecule has 0 unspecified atom stereocenters. The van der Waals surface area contributed by atoms with E-state index >= 15 is 0 Å². The Labute approximate surface area is 166 Å². The third kappa shape index (κ3) is 3.65. The average Bonchev–Trinajstić information content (AvgIpc) is 3.43. The summed E-state index contributed by atoms with van der Waals surface area (Å²) in [5, 5.41) is 16.4. The number of anilines is 1. The van der Waals surface area contributed by atoms with Crippen LogP contribution in [0, 0.1) is 0 Å². The van der Waals surface area contributed by atoms with Gasteiger partial charge >= 0.3 is 0 Å². The van der Waals surface area contributed by atoms with Crippen molar-refractivity contribution in [3.05, 3.63) is 60.3 Å². The number of ether oxygens (including phenoxy) is 2. The van der Waals surface area contributed by atoms with Crippen LogP contribution in [-0.4, -0.2) is 45.5 Å². The highest BCUT2D eigenvalue weighted by Gasteiger charge is 2.16. The Morgan fingerprint density at radius 3 is 2.28 bits per heavy atom. The number of hydrogen-bond donors (Lipinski definition) is 3. The van der Waals surface area contributed by atoms with Gasteiger partial charge in [0.25, 0.3) is 5.91 Å². The minimum absolute atomic E-state index is 0.143. The molecule has 0 aliphatic rings. The molecule has 9 nitrogen and oxygen atoms in total. The summed E-state index contributed by atoms with van der Waals surface area (Å²) in [6.07, 6.45) is 0. The van der Waals surface area contributed by atoms with E-state index in [4.69, 9.17) is 9.47 Å². The molecule has 9 heteroatoms. The van der Waals surface area contributed by atoms with Gasteiger partial charge in [-0.05, 0) is 30.3 Å². The van der Waals surface area contributed by atoms with E-state index in [0.29, 0.717) is 23.0 Å². The van der Waals surface area contributed by atoms with Crippen LogP contribution in [0.25, 0.3) is 22.6 Å². The molecule has 0 bridgehead atoms. The number of carbonyl (C=O) groups is 1. The molecule has 0 fully saturated rings. The molecule has 4 aromatic rings. The molecule has 0 saturated heterocycles. The van der Waals surface area contributed by atoms with E-state index in [2.05, 4.69) is 30.7 Å². The van der Waals surface area contributed by atoms with Crippen molar-refractivity contribution in [1.29, 1.82) is 0 Å². The number of benzene rings is 2. The highest BCUT2D eigenvalue weighted by atomic mass is 16.5. The van der Waals surface area contributed by atoms with E-state index in [1.165, 1.54) is 0 Å². The average molecular weight is 390 g/mol. The Morgan fingerprint density at radius 2 is 1.55 bits per heavy atom. The highest BCUT2D eigenvalue weighted by Crippen LogP contribution is 2.29. The van der Waals surface area contributed by atoms with Gasteiger partial charge in [0, 0.05) is 5.56 Å². The molecule has 2 aromatic heterocycles. The smallest absolute Gasteiger partial charge is 0.276 e. The number of nitrogens with zero attached hydrogens (tertiary/aromatic N) is 3. The van der Waals surface area contributed by atoms with Crippen LogP contribution in [0.2, 0.25) is 0 Å². The highest BCUT2D eigenvalue weighted by molar-refractivity contribution is 6.02. The quantitative estimate of drug-likeness (QED) is 0.466. The number of hydrogen-bond acceptors (Lipinski definition) is 6. The first-order valence-electron chi connectivity index (χ1n) is 8.75. The van der Waals surface area contributed by atoms with Gasteiger partial charge in [0.1, 0.15) is 17.2 Å². The van der Waals surface area contributed by atoms with E-state index in [1.54, 1.807) is 20.3 Å². The van der Waals surface area contributed by atoms with Crippen LogP contribution in [0.5, 0.6) is 11.5 Å². The largest absolute Gasteiger partial charge is 0.496 e. The second-order valence-electron chi connectivity index (χ2n) is 6.03. The molecule has 2 heterocycles. The maximum absolute atomic E-state index is 12.5. The molecule has 29 heavy (non-hydrogen) atoms. The van der Waals surface area contributed by atoms with Crippen LogP contribution >= 0.6 is 0 Å². The zero-order valence-electron chi connectivity index (χ0n) is 15.8. The first-order chi connectivity index (χ1) is 14.2. The number of para-hydroxylation sites is 2. The monoisotopic (exact) mass is 390 g/mol. The van der Waals surface area contributed by atoms with Gasteiger partial charge in [-0.2, -0.15) is 10.1 Å². The van der Waals surface area contributed by atoms with Gasteiger partial charge in [0.15, 0.2) is 5.82 Å². The minimum atomic E-state index is -0.413. The number of H-pyrrole nitrogens is 2. The standard InChI is InChI=1S/C20H18N6O3/c1-28-16-9-5-3-7-12(16)14-11-15(24-23-14)19(27)22-20-21-18(25-26-20)13-8-4-6-10-17(13)29-2/h3-11H,1-2H3,(H,23,24)(H2,21,22,25,26,27). The van der Waals surface area contributed by atoms with Gasteiger partial charge in [0.2, 0.25) is 5.95 Å². The summed E-state index contributed by atoms with van der Waals surface area (Å²) in [5.74, 6) is 1.53. The summed E-state index contributed by atoms with van der Waals surface area (Å²) < 4.78 is 10.7. The molecule has 0 spiro atoms. The number of nitrogens with one attached hydrogen (secondary N) is 3. The summed E-state index contributed by atoms with van der Waals surface area (Å²) in [6, 6.07) is 16.5. The summed E-state index contributed by atoms with van der Waals surface area (Å²) in [7, 11) is 3.16. The molecule has 0 saturated carbocycles. The molecular weight excluding hydrogens is 372 g/mol. The lowest BCUT2D eigenvalue weighted by molar-refractivity contribution is 0.102. The maximum Gasteiger partial charge on any atom is 0.276 e. The summed E-state index contributed by atoms with van der Waals surface area (Å²) in [5.41, 5.74) is 2.39.